The van der Waals surface area contributed by atoms with Gasteiger partial charge < -0.3 is 14.7 Å². The summed E-state index contributed by atoms with van der Waals surface area (Å²) in [5, 5.41) is 19.9. The van der Waals surface area contributed by atoms with Crippen LogP contribution in [0.15, 0.2) is 42.7 Å². The first-order valence-electron chi connectivity index (χ1n) is 8.72. The second kappa shape index (κ2) is 8.00. The molecule has 0 saturated carbocycles. The van der Waals surface area contributed by atoms with E-state index in [1.165, 1.54) is 0 Å². The zero-order valence-corrected chi connectivity index (χ0v) is 14.4. The van der Waals surface area contributed by atoms with Crippen molar-refractivity contribution in [1.82, 2.24) is 4.98 Å². The number of anilines is 1. The van der Waals surface area contributed by atoms with Gasteiger partial charge in [0.25, 0.3) is 0 Å². The Morgan fingerprint density at radius 2 is 2.00 bits per heavy atom. The van der Waals surface area contributed by atoms with Crippen LogP contribution in [-0.2, 0) is 0 Å². The van der Waals surface area contributed by atoms with Crippen LogP contribution < -0.4 is 9.64 Å². The SMILES string of the molecule is CCOc1ccc(C(O)C2CCN(c3ccncc3C#N)CC2)cc1. The van der Waals surface area contributed by atoms with Gasteiger partial charge in [-0.1, -0.05) is 12.1 Å². The van der Waals surface area contributed by atoms with Crippen molar-refractivity contribution in [3.63, 3.8) is 0 Å². The zero-order valence-electron chi connectivity index (χ0n) is 14.4. The van der Waals surface area contributed by atoms with E-state index in [1.54, 1.807) is 12.4 Å². The lowest BCUT2D eigenvalue weighted by molar-refractivity contribution is 0.0929. The molecular weight excluding hydrogens is 314 g/mol. The van der Waals surface area contributed by atoms with Gasteiger partial charge in [0.15, 0.2) is 0 Å². The van der Waals surface area contributed by atoms with E-state index in [4.69, 9.17) is 4.74 Å². The van der Waals surface area contributed by atoms with Gasteiger partial charge in [-0.25, -0.2) is 0 Å². The molecule has 1 unspecified atom stereocenters. The van der Waals surface area contributed by atoms with E-state index in [2.05, 4.69) is 16.0 Å². The first kappa shape index (κ1) is 17.2. The normalized spacial score (nSPS) is 16.3. The van der Waals surface area contributed by atoms with Gasteiger partial charge in [-0.15, -0.1) is 0 Å². The molecule has 1 N–H and O–H groups in total. The molecule has 3 rings (SSSR count). The number of hydrogen-bond acceptors (Lipinski definition) is 5. The van der Waals surface area contributed by atoms with Gasteiger partial charge in [0.05, 0.1) is 24.0 Å². The van der Waals surface area contributed by atoms with Gasteiger partial charge in [0.1, 0.15) is 11.8 Å². The van der Waals surface area contributed by atoms with Crippen molar-refractivity contribution in [2.45, 2.75) is 25.9 Å². The average molecular weight is 337 g/mol. The predicted octanol–water partition coefficient (Wildman–Crippen LogP) is 3.30. The topological polar surface area (TPSA) is 69.4 Å². The Morgan fingerprint density at radius 1 is 1.28 bits per heavy atom. The molecule has 1 atom stereocenters. The van der Waals surface area contributed by atoms with Crippen LogP contribution >= 0.6 is 0 Å². The standard InChI is InChI=1S/C20H23N3O2/c1-2-25-18-5-3-15(4-6-18)20(24)16-8-11-23(12-9-16)19-7-10-22-14-17(19)13-21/h3-7,10,14,16,20,24H,2,8-9,11-12H2,1H3. The van der Waals surface area contributed by atoms with E-state index in [0.29, 0.717) is 12.2 Å². The van der Waals surface area contributed by atoms with E-state index in [-0.39, 0.29) is 5.92 Å². The minimum atomic E-state index is -0.467. The first-order chi connectivity index (χ1) is 12.2. The fraction of sp³-hybridized carbons (Fsp3) is 0.400. The molecule has 0 aliphatic carbocycles. The number of aromatic nitrogens is 1. The van der Waals surface area contributed by atoms with Crippen molar-refractivity contribution < 1.29 is 9.84 Å². The van der Waals surface area contributed by atoms with Crippen molar-refractivity contribution in [3.8, 4) is 11.8 Å². The number of pyridine rings is 1. The van der Waals surface area contributed by atoms with Gasteiger partial charge in [0.2, 0.25) is 0 Å². The molecule has 0 amide bonds. The molecule has 1 aromatic heterocycles. The van der Waals surface area contributed by atoms with Crippen molar-refractivity contribution in [2.75, 3.05) is 24.6 Å². The molecule has 1 aromatic carbocycles. The number of aliphatic hydroxyl groups is 1. The lowest BCUT2D eigenvalue weighted by Crippen LogP contribution is -2.36. The Morgan fingerprint density at radius 3 is 2.64 bits per heavy atom. The molecule has 2 aromatic rings. The number of hydrogen-bond donors (Lipinski definition) is 1. The lowest BCUT2D eigenvalue weighted by atomic mass is 9.87. The van der Waals surface area contributed by atoms with E-state index >= 15 is 0 Å². The molecule has 2 heterocycles. The molecule has 0 spiro atoms. The molecule has 5 nitrogen and oxygen atoms in total. The highest BCUT2D eigenvalue weighted by atomic mass is 16.5. The Labute approximate surface area is 148 Å². The van der Waals surface area contributed by atoms with Crippen molar-refractivity contribution in [1.29, 1.82) is 5.26 Å². The number of benzene rings is 1. The van der Waals surface area contributed by atoms with Crippen LogP contribution in [0.3, 0.4) is 0 Å². The van der Waals surface area contributed by atoms with Crippen molar-refractivity contribution in [3.05, 3.63) is 53.9 Å². The van der Waals surface area contributed by atoms with E-state index < -0.39 is 6.10 Å². The lowest BCUT2D eigenvalue weighted by Gasteiger charge is -2.36. The highest BCUT2D eigenvalue weighted by Crippen LogP contribution is 2.33. The molecular formula is C20H23N3O2. The number of nitriles is 1. The van der Waals surface area contributed by atoms with Crippen molar-refractivity contribution >= 4 is 5.69 Å². The average Bonchev–Trinajstić information content (AvgIpc) is 2.68. The summed E-state index contributed by atoms with van der Waals surface area (Å²) in [5.41, 5.74) is 2.48. The summed E-state index contributed by atoms with van der Waals surface area (Å²) in [6.45, 7) is 4.26. The summed E-state index contributed by atoms with van der Waals surface area (Å²) in [6, 6.07) is 11.8. The molecule has 25 heavy (non-hydrogen) atoms. The van der Waals surface area contributed by atoms with Crippen molar-refractivity contribution in [2.24, 2.45) is 5.92 Å². The van der Waals surface area contributed by atoms with Crippen LogP contribution in [-0.4, -0.2) is 29.8 Å². The highest BCUT2D eigenvalue weighted by Gasteiger charge is 2.27. The maximum Gasteiger partial charge on any atom is 0.119 e. The maximum absolute atomic E-state index is 10.7. The molecule has 130 valence electrons. The summed E-state index contributed by atoms with van der Waals surface area (Å²) < 4.78 is 5.45. The fourth-order valence-electron chi connectivity index (χ4n) is 3.41. The molecule has 1 aliphatic heterocycles. The van der Waals surface area contributed by atoms with Gasteiger partial charge in [-0.2, -0.15) is 5.26 Å². The summed E-state index contributed by atoms with van der Waals surface area (Å²) in [4.78, 5) is 6.22. The molecule has 1 saturated heterocycles. The number of rotatable bonds is 5. The van der Waals surface area contributed by atoms with Crippen LogP contribution in [0.2, 0.25) is 0 Å². The number of aliphatic hydroxyl groups excluding tert-OH is 1. The van der Waals surface area contributed by atoms with Crippen LogP contribution in [0, 0.1) is 17.2 Å². The van der Waals surface area contributed by atoms with Crippen LogP contribution in [0.25, 0.3) is 0 Å². The molecule has 1 fully saturated rings. The predicted molar refractivity (Wildman–Crippen MR) is 96.5 cm³/mol. The van der Waals surface area contributed by atoms with Crippen LogP contribution in [0.1, 0.15) is 37.0 Å². The Bertz CT molecular complexity index is 731. The van der Waals surface area contributed by atoms with Crippen LogP contribution in [0.4, 0.5) is 5.69 Å². The largest absolute Gasteiger partial charge is 0.494 e. The quantitative estimate of drug-likeness (QED) is 0.906. The fourth-order valence-corrected chi connectivity index (χ4v) is 3.41. The summed E-state index contributed by atoms with van der Waals surface area (Å²) >= 11 is 0. The minimum Gasteiger partial charge on any atom is -0.494 e. The Hall–Kier alpha value is -2.58. The van der Waals surface area contributed by atoms with Gasteiger partial charge in [0, 0.05) is 25.5 Å². The summed E-state index contributed by atoms with van der Waals surface area (Å²) in [5.74, 6) is 1.05. The van der Waals surface area contributed by atoms with E-state index in [9.17, 15) is 10.4 Å². The number of piperidine rings is 1. The third-order valence-corrected chi connectivity index (χ3v) is 4.78. The maximum atomic E-state index is 10.7. The smallest absolute Gasteiger partial charge is 0.119 e. The monoisotopic (exact) mass is 337 g/mol. The Kier molecular flexibility index (Phi) is 5.52. The second-order valence-electron chi connectivity index (χ2n) is 6.28. The first-order valence-corrected chi connectivity index (χ1v) is 8.72. The summed E-state index contributed by atoms with van der Waals surface area (Å²) in [7, 11) is 0. The highest BCUT2D eigenvalue weighted by molar-refractivity contribution is 5.58. The van der Waals surface area contributed by atoms with Gasteiger partial charge in [-0.05, 0) is 49.4 Å². The number of ether oxygens (including phenoxy) is 1. The molecule has 5 heteroatoms. The molecule has 0 bridgehead atoms. The third kappa shape index (κ3) is 3.92. The second-order valence-corrected chi connectivity index (χ2v) is 6.28. The molecule has 0 radical (unpaired) electrons. The minimum absolute atomic E-state index is 0.224. The van der Waals surface area contributed by atoms with E-state index in [1.807, 2.05) is 37.3 Å². The Balaban J connectivity index is 1.62. The third-order valence-electron chi connectivity index (χ3n) is 4.78. The zero-order chi connectivity index (χ0) is 17.6. The van der Waals surface area contributed by atoms with Crippen LogP contribution in [0.5, 0.6) is 5.75 Å². The summed E-state index contributed by atoms with van der Waals surface area (Å²) in [6.07, 6.45) is 4.64. The molecule has 1 aliphatic rings. The number of nitrogens with zero attached hydrogens (tertiary/aromatic N) is 3. The van der Waals surface area contributed by atoms with Gasteiger partial charge in [-0.3, -0.25) is 4.98 Å². The van der Waals surface area contributed by atoms with E-state index in [0.717, 1.165) is 42.9 Å². The van der Waals surface area contributed by atoms with Gasteiger partial charge >= 0.3 is 0 Å².